The monoisotopic (exact) mass is 354 g/mol. The Kier molecular flexibility index (Phi) is 4.88. The molecule has 4 heterocycles. The molecule has 7 heteroatoms. The number of pyridine rings is 1. The average Bonchev–Trinajstić information content (AvgIpc) is 2.83. The summed E-state index contributed by atoms with van der Waals surface area (Å²) in [5.74, 6) is 0.0600. The molecule has 0 saturated carbocycles. The van der Waals surface area contributed by atoms with E-state index in [-0.39, 0.29) is 5.91 Å². The molecule has 2 aromatic rings. The number of hydrogen-bond acceptors (Lipinski definition) is 5. The fourth-order valence-electron chi connectivity index (χ4n) is 3.82. The zero-order valence-electron chi connectivity index (χ0n) is 15.3. The van der Waals surface area contributed by atoms with Crippen molar-refractivity contribution in [1.82, 2.24) is 24.6 Å². The first-order valence-electron chi connectivity index (χ1n) is 9.40. The van der Waals surface area contributed by atoms with Crippen LogP contribution >= 0.6 is 0 Å². The Bertz CT molecular complexity index is 759. The predicted octanol–water partition coefficient (Wildman–Crippen LogP) is 1.47. The van der Waals surface area contributed by atoms with Gasteiger partial charge in [0.25, 0.3) is 5.91 Å². The van der Waals surface area contributed by atoms with Gasteiger partial charge in [0.2, 0.25) is 0 Å². The summed E-state index contributed by atoms with van der Waals surface area (Å²) in [5.41, 5.74) is 2.90. The number of rotatable bonds is 2. The van der Waals surface area contributed by atoms with E-state index in [1.165, 1.54) is 5.69 Å². The van der Waals surface area contributed by atoms with Gasteiger partial charge in [0.15, 0.2) is 5.69 Å². The minimum absolute atomic E-state index is 0.0600. The van der Waals surface area contributed by atoms with E-state index in [1.807, 2.05) is 40.2 Å². The van der Waals surface area contributed by atoms with Gasteiger partial charge >= 0.3 is 0 Å². The number of nitrogens with zero attached hydrogens (tertiary/aromatic N) is 6. The molecule has 1 fully saturated rings. The Morgan fingerprint density at radius 2 is 1.81 bits per heavy atom. The molecule has 7 nitrogen and oxygen atoms in total. The average molecular weight is 354 g/mol. The second-order valence-electron chi connectivity index (χ2n) is 7.17. The number of hydrogen-bond donors (Lipinski definition) is 0. The largest absolute Gasteiger partial charge is 0.370 e. The van der Waals surface area contributed by atoms with Crippen LogP contribution in [0.5, 0.6) is 0 Å². The minimum Gasteiger partial charge on any atom is -0.370 e. The molecule has 1 amide bonds. The van der Waals surface area contributed by atoms with Crippen molar-refractivity contribution in [3.63, 3.8) is 0 Å². The smallest absolute Gasteiger partial charge is 0.274 e. The second-order valence-corrected chi connectivity index (χ2v) is 7.17. The van der Waals surface area contributed by atoms with Crippen molar-refractivity contribution in [3.05, 3.63) is 42.0 Å². The molecule has 0 unspecified atom stereocenters. The van der Waals surface area contributed by atoms with Crippen LogP contribution in [0.2, 0.25) is 0 Å². The van der Waals surface area contributed by atoms with E-state index in [0.29, 0.717) is 5.69 Å². The van der Waals surface area contributed by atoms with Crippen LogP contribution in [0.25, 0.3) is 0 Å². The SMILES string of the molecule is CN1CCCn2nc(C(=O)N3CCCN(c4ccncc4)CC3)cc2C1. The Morgan fingerprint density at radius 1 is 1.00 bits per heavy atom. The van der Waals surface area contributed by atoms with Crippen LogP contribution in [0.1, 0.15) is 29.0 Å². The van der Waals surface area contributed by atoms with Crippen molar-refractivity contribution < 1.29 is 4.79 Å². The van der Waals surface area contributed by atoms with E-state index in [0.717, 1.165) is 64.3 Å². The number of aryl methyl sites for hydroxylation is 1. The van der Waals surface area contributed by atoms with E-state index in [9.17, 15) is 4.79 Å². The number of anilines is 1. The van der Waals surface area contributed by atoms with Crippen LogP contribution in [0, 0.1) is 0 Å². The molecular weight excluding hydrogens is 328 g/mol. The third-order valence-corrected chi connectivity index (χ3v) is 5.24. The lowest BCUT2D eigenvalue weighted by Crippen LogP contribution is -2.35. The zero-order valence-corrected chi connectivity index (χ0v) is 15.3. The number of fused-ring (bicyclic) bond motifs is 1. The lowest BCUT2D eigenvalue weighted by atomic mass is 10.3. The van der Waals surface area contributed by atoms with Gasteiger partial charge in [0.05, 0.1) is 5.69 Å². The van der Waals surface area contributed by atoms with Gasteiger partial charge in [-0.1, -0.05) is 0 Å². The van der Waals surface area contributed by atoms with Crippen molar-refractivity contribution in [1.29, 1.82) is 0 Å². The fraction of sp³-hybridized carbons (Fsp3) is 0.526. The standard InChI is InChI=1S/C19H26N6O/c1-22-8-2-11-25-17(15-22)14-18(21-25)19(26)24-10-3-9-23(12-13-24)16-4-6-20-7-5-16/h4-7,14H,2-3,8-13,15H2,1H3. The molecule has 0 radical (unpaired) electrons. The summed E-state index contributed by atoms with van der Waals surface area (Å²) in [6.07, 6.45) is 5.67. The van der Waals surface area contributed by atoms with E-state index < -0.39 is 0 Å². The van der Waals surface area contributed by atoms with Crippen LogP contribution in [0.3, 0.4) is 0 Å². The molecular formula is C19H26N6O. The highest BCUT2D eigenvalue weighted by atomic mass is 16.2. The van der Waals surface area contributed by atoms with E-state index in [4.69, 9.17) is 0 Å². The Labute approximate surface area is 154 Å². The Balaban J connectivity index is 1.45. The van der Waals surface area contributed by atoms with Crippen LogP contribution in [0.4, 0.5) is 5.69 Å². The summed E-state index contributed by atoms with van der Waals surface area (Å²) >= 11 is 0. The predicted molar refractivity (Wildman–Crippen MR) is 100 cm³/mol. The Hall–Kier alpha value is -2.41. The van der Waals surface area contributed by atoms with Gasteiger partial charge in [-0.25, -0.2) is 0 Å². The lowest BCUT2D eigenvalue weighted by Gasteiger charge is -2.23. The van der Waals surface area contributed by atoms with E-state index >= 15 is 0 Å². The summed E-state index contributed by atoms with van der Waals surface area (Å²) in [4.78, 5) is 23.6. The molecule has 2 aliphatic heterocycles. The number of carbonyl (C=O) groups excluding carboxylic acids is 1. The van der Waals surface area contributed by atoms with Crippen molar-refractivity contribution in [2.75, 3.05) is 44.7 Å². The highest BCUT2D eigenvalue weighted by Crippen LogP contribution is 2.18. The van der Waals surface area contributed by atoms with Crippen LogP contribution in [-0.2, 0) is 13.1 Å². The molecule has 2 aromatic heterocycles. The Morgan fingerprint density at radius 3 is 2.65 bits per heavy atom. The summed E-state index contributed by atoms with van der Waals surface area (Å²) < 4.78 is 2.01. The molecule has 0 spiro atoms. The maximum atomic E-state index is 13.0. The third kappa shape index (κ3) is 3.58. The minimum atomic E-state index is 0.0600. The summed E-state index contributed by atoms with van der Waals surface area (Å²) in [7, 11) is 2.12. The molecule has 0 atom stereocenters. The van der Waals surface area contributed by atoms with Crippen LogP contribution in [-0.4, -0.2) is 70.2 Å². The number of carbonyl (C=O) groups is 1. The van der Waals surface area contributed by atoms with Gasteiger partial charge in [-0.05, 0) is 38.1 Å². The quantitative estimate of drug-likeness (QED) is 0.817. The molecule has 0 aliphatic carbocycles. The van der Waals surface area contributed by atoms with Crippen LogP contribution in [0.15, 0.2) is 30.6 Å². The number of amides is 1. The molecule has 0 aromatic carbocycles. The molecule has 138 valence electrons. The van der Waals surface area contributed by atoms with Crippen molar-refractivity contribution in [3.8, 4) is 0 Å². The fourth-order valence-corrected chi connectivity index (χ4v) is 3.82. The lowest BCUT2D eigenvalue weighted by molar-refractivity contribution is 0.0760. The van der Waals surface area contributed by atoms with Crippen molar-refractivity contribution in [2.45, 2.75) is 25.9 Å². The van der Waals surface area contributed by atoms with Gasteiger partial charge in [0, 0.05) is 63.9 Å². The highest BCUT2D eigenvalue weighted by Gasteiger charge is 2.24. The first-order chi connectivity index (χ1) is 12.7. The molecule has 26 heavy (non-hydrogen) atoms. The van der Waals surface area contributed by atoms with Gasteiger partial charge < -0.3 is 14.7 Å². The van der Waals surface area contributed by atoms with Crippen molar-refractivity contribution >= 4 is 11.6 Å². The van der Waals surface area contributed by atoms with Crippen LogP contribution < -0.4 is 4.90 Å². The van der Waals surface area contributed by atoms with E-state index in [1.54, 1.807) is 0 Å². The summed E-state index contributed by atoms with van der Waals surface area (Å²) in [6, 6.07) is 6.04. The van der Waals surface area contributed by atoms with E-state index in [2.05, 4.69) is 26.9 Å². The molecule has 4 rings (SSSR count). The molecule has 0 bridgehead atoms. The van der Waals surface area contributed by atoms with Gasteiger partial charge in [-0.3, -0.25) is 14.5 Å². The number of aromatic nitrogens is 3. The first-order valence-corrected chi connectivity index (χ1v) is 9.40. The maximum Gasteiger partial charge on any atom is 0.274 e. The van der Waals surface area contributed by atoms with Crippen molar-refractivity contribution in [2.24, 2.45) is 0 Å². The molecule has 2 aliphatic rings. The molecule has 1 saturated heterocycles. The highest BCUT2D eigenvalue weighted by molar-refractivity contribution is 5.92. The first kappa shape index (κ1) is 17.0. The van der Waals surface area contributed by atoms with Gasteiger partial charge in [0.1, 0.15) is 0 Å². The van der Waals surface area contributed by atoms with Gasteiger partial charge in [-0.15, -0.1) is 0 Å². The topological polar surface area (TPSA) is 57.5 Å². The normalized spacial score (nSPS) is 19.0. The van der Waals surface area contributed by atoms with Gasteiger partial charge in [-0.2, -0.15) is 5.10 Å². The second kappa shape index (κ2) is 7.45. The summed E-state index contributed by atoms with van der Waals surface area (Å²) in [6.45, 7) is 6.12. The zero-order chi connectivity index (χ0) is 17.9. The third-order valence-electron chi connectivity index (χ3n) is 5.24. The maximum absolute atomic E-state index is 13.0. The summed E-state index contributed by atoms with van der Waals surface area (Å²) in [5, 5.41) is 4.61. The molecule has 0 N–H and O–H groups in total.